The number of hydrogen-bond acceptors (Lipinski definition) is 3. The van der Waals surface area contributed by atoms with Gasteiger partial charge in [-0.1, -0.05) is 24.3 Å². The van der Waals surface area contributed by atoms with Crippen LogP contribution in [0.25, 0.3) is 0 Å². The summed E-state index contributed by atoms with van der Waals surface area (Å²) < 4.78 is 0. The molecule has 4 heteroatoms. The maximum atomic E-state index is 10.7. The van der Waals surface area contributed by atoms with Crippen LogP contribution < -0.4 is 0 Å². The second-order valence-corrected chi connectivity index (χ2v) is 3.86. The van der Waals surface area contributed by atoms with Crippen molar-refractivity contribution in [2.45, 2.75) is 24.5 Å². The van der Waals surface area contributed by atoms with Crippen LogP contribution >= 0.6 is 0 Å². The van der Waals surface area contributed by atoms with Gasteiger partial charge in [-0.25, -0.2) is 4.79 Å². The Kier molecular flexibility index (Phi) is 2.25. The van der Waals surface area contributed by atoms with E-state index in [4.69, 9.17) is 5.11 Å². The summed E-state index contributed by atoms with van der Waals surface area (Å²) in [6.45, 7) is 0. The fraction of sp³-hybridized carbons (Fsp3) is 0.364. The van der Waals surface area contributed by atoms with Crippen molar-refractivity contribution in [2.75, 3.05) is 0 Å². The molecule has 0 saturated heterocycles. The van der Waals surface area contributed by atoms with E-state index in [-0.39, 0.29) is 5.56 Å². The first-order chi connectivity index (χ1) is 7.04. The third kappa shape index (κ3) is 1.73. The molecule has 0 amide bonds. The number of carboxylic acids is 1. The van der Waals surface area contributed by atoms with E-state index in [1.54, 1.807) is 18.2 Å². The van der Waals surface area contributed by atoms with E-state index in [2.05, 4.69) is 0 Å². The van der Waals surface area contributed by atoms with Gasteiger partial charge in [0.05, 0.1) is 5.60 Å². The summed E-state index contributed by atoms with van der Waals surface area (Å²) in [5.74, 6) is -1.30. The van der Waals surface area contributed by atoms with E-state index in [9.17, 15) is 15.0 Å². The molecule has 1 aliphatic carbocycles. The average Bonchev–Trinajstić information content (AvgIpc) is 2.96. The predicted octanol–water partition coefficient (Wildman–Crippen LogP) is 0.786. The van der Waals surface area contributed by atoms with E-state index in [1.165, 1.54) is 6.07 Å². The normalized spacial score (nSPS) is 19.6. The molecule has 1 unspecified atom stereocenters. The number of aliphatic carboxylic acids is 1. The van der Waals surface area contributed by atoms with Gasteiger partial charge in [0.25, 0.3) is 0 Å². The van der Waals surface area contributed by atoms with Crippen molar-refractivity contribution < 1.29 is 20.1 Å². The van der Waals surface area contributed by atoms with Crippen LogP contribution in [-0.4, -0.2) is 21.3 Å². The second-order valence-electron chi connectivity index (χ2n) is 3.86. The van der Waals surface area contributed by atoms with Crippen LogP contribution in [0.3, 0.4) is 0 Å². The zero-order valence-corrected chi connectivity index (χ0v) is 8.05. The number of aliphatic hydroxyl groups excluding tert-OH is 1. The van der Waals surface area contributed by atoms with E-state index >= 15 is 0 Å². The number of carbonyl (C=O) groups is 1. The van der Waals surface area contributed by atoms with Gasteiger partial charge in [0.15, 0.2) is 6.10 Å². The average molecular weight is 208 g/mol. The molecule has 15 heavy (non-hydrogen) atoms. The van der Waals surface area contributed by atoms with Crippen molar-refractivity contribution in [2.24, 2.45) is 0 Å². The van der Waals surface area contributed by atoms with Gasteiger partial charge in [-0.3, -0.25) is 0 Å². The topological polar surface area (TPSA) is 77.8 Å². The molecule has 80 valence electrons. The molecule has 0 bridgehead atoms. The summed E-state index contributed by atoms with van der Waals surface area (Å²) in [5.41, 5.74) is -0.113. The van der Waals surface area contributed by atoms with Gasteiger partial charge in [0.1, 0.15) is 0 Å². The highest BCUT2D eigenvalue weighted by molar-refractivity contribution is 5.74. The minimum Gasteiger partial charge on any atom is -0.479 e. The lowest BCUT2D eigenvalue weighted by molar-refractivity contribution is -0.147. The van der Waals surface area contributed by atoms with Crippen LogP contribution in [0.2, 0.25) is 0 Å². The SMILES string of the molecule is O=C(O)C(O)c1ccccc1C1(O)CC1. The maximum Gasteiger partial charge on any atom is 0.337 e. The zero-order chi connectivity index (χ0) is 11.1. The lowest BCUT2D eigenvalue weighted by Crippen LogP contribution is -2.16. The molecule has 1 aromatic carbocycles. The first kappa shape index (κ1) is 10.1. The fourth-order valence-corrected chi connectivity index (χ4v) is 1.68. The van der Waals surface area contributed by atoms with Crippen LogP contribution in [0.4, 0.5) is 0 Å². The van der Waals surface area contributed by atoms with Crippen LogP contribution in [0.5, 0.6) is 0 Å². The van der Waals surface area contributed by atoms with Crippen molar-refractivity contribution in [3.63, 3.8) is 0 Å². The standard InChI is InChI=1S/C11H12O4/c12-9(10(13)14)7-3-1-2-4-8(7)11(15)5-6-11/h1-4,9,12,15H,5-6H2,(H,13,14). The Bertz CT molecular complexity index is 395. The molecule has 0 radical (unpaired) electrons. The summed E-state index contributed by atoms with van der Waals surface area (Å²) in [5, 5.41) is 28.1. The van der Waals surface area contributed by atoms with Gasteiger partial charge in [0, 0.05) is 0 Å². The molecular weight excluding hydrogens is 196 g/mol. The number of rotatable bonds is 3. The third-order valence-electron chi connectivity index (χ3n) is 2.71. The summed E-state index contributed by atoms with van der Waals surface area (Å²) >= 11 is 0. The van der Waals surface area contributed by atoms with Crippen molar-refractivity contribution in [1.29, 1.82) is 0 Å². The molecule has 3 N–H and O–H groups in total. The van der Waals surface area contributed by atoms with E-state index in [0.29, 0.717) is 18.4 Å². The van der Waals surface area contributed by atoms with Gasteiger partial charge in [0.2, 0.25) is 0 Å². The molecule has 0 spiro atoms. The molecule has 1 fully saturated rings. The molecular formula is C11H12O4. The van der Waals surface area contributed by atoms with E-state index in [0.717, 1.165) is 0 Å². The Morgan fingerprint density at radius 3 is 2.47 bits per heavy atom. The second kappa shape index (κ2) is 3.32. The van der Waals surface area contributed by atoms with Crippen molar-refractivity contribution in [1.82, 2.24) is 0 Å². The highest BCUT2D eigenvalue weighted by atomic mass is 16.4. The van der Waals surface area contributed by atoms with Crippen molar-refractivity contribution in [3.8, 4) is 0 Å². The molecule has 4 nitrogen and oxygen atoms in total. The first-order valence-corrected chi connectivity index (χ1v) is 4.77. The minimum atomic E-state index is -1.56. The number of carboxylic acid groups (broad SMARTS) is 1. The fourth-order valence-electron chi connectivity index (χ4n) is 1.68. The number of hydrogen-bond donors (Lipinski definition) is 3. The highest BCUT2D eigenvalue weighted by Crippen LogP contribution is 2.47. The minimum absolute atomic E-state index is 0.282. The van der Waals surface area contributed by atoms with Gasteiger partial charge in [-0.15, -0.1) is 0 Å². The van der Waals surface area contributed by atoms with Gasteiger partial charge in [-0.05, 0) is 24.0 Å². The third-order valence-corrected chi connectivity index (χ3v) is 2.71. The Morgan fingerprint density at radius 2 is 1.93 bits per heavy atom. The Labute approximate surface area is 86.8 Å². The molecule has 1 saturated carbocycles. The van der Waals surface area contributed by atoms with Gasteiger partial charge < -0.3 is 15.3 Å². The Hall–Kier alpha value is -1.39. The first-order valence-electron chi connectivity index (χ1n) is 4.77. The lowest BCUT2D eigenvalue weighted by atomic mass is 9.97. The van der Waals surface area contributed by atoms with Crippen molar-refractivity contribution in [3.05, 3.63) is 35.4 Å². The Morgan fingerprint density at radius 1 is 1.33 bits per heavy atom. The van der Waals surface area contributed by atoms with Gasteiger partial charge >= 0.3 is 5.97 Å². The maximum absolute atomic E-state index is 10.7. The van der Waals surface area contributed by atoms with Crippen LogP contribution in [0.15, 0.2) is 24.3 Å². The van der Waals surface area contributed by atoms with Crippen LogP contribution in [-0.2, 0) is 10.4 Å². The monoisotopic (exact) mass is 208 g/mol. The van der Waals surface area contributed by atoms with Gasteiger partial charge in [-0.2, -0.15) is 0 Å². The molecule has 0 heterocycles. The molecule has 1 atom stereocenters. The molecule has 1 aromatic rings. The quantitative estimate of drug-likeness (QED) is 0.686. The lowest BCUT2D eigenvalue weighted by Gasteiger charge is -2.15. The molecule has 0 aliphatic heterocycles. The Balaban J connectivity index is 2.42. The van der Waals surface area contributed by atoms with E-state index in [1.807, 2.05) is 0 Å². The number of benzene rings is 1. The molecule has 2 rings (SSSR count). The molecule has 0 aromatic heterocycles. The summed E-state index contributed by atoms with van der Waals surface area (Å²) in [6, 6.07) is 6.57. The number of aliphatic hydroxyl groups is 2. The zero-order valence-electron chi connectivity index (χ0n) is 8.05. The molecule has 1 aliphatic rings. The van der Waals surface area contributed by atoms with Crippen LogP contribution in [0.1, 0.15) is 30.1 Å². The smallest absolute Gasteiger partial charge is 0.337 e. The van der Waals surface area contributed by atoms with E-state index < -0.39 is 17.7 Å². The summed E-state index contributed by atoms with van der Waals surface area (Å²) in [7, 11) is 0. The predicted molar refractivity (Wildman–Crippen MR) is 52.2 cm³/mol. The summed E-state index contributed by atoms with van der Waals surface area (Å²) in [6.07, 6.45) is -0.321. The van der Waals surface area contributed by atoms with Crippen LogP contribution in [0, 0.1) is 0 Å². The highest BCUT2D eigenvalue weighted by Gasteiger charge is 2.44. The van der Waals surface area contributed by atoms with Crippen molar-refractivity contribution >= 4 is 5.97 Å². The summed E-state index contributed by atoms with van der Waals surface area (Å²) in [4.78, 5) is 10.7. The largest absolute Gasteiger partial charge is 0.479 e.